The molecule has 116 valence electrons. The quantitative estimate of drug-likeness (QED) is 0.764. The number of hydrogen-bond donors (Lipinski definition) is 2. The molecule has 7 nitrogen and oxygen atoms in total. The summed E-state index contributed by atoms with van der Waals surface area (Å²) in [5, 5.41) is 11.9. The zero-order valence-electron chi connectivity index (χ0n) is 12.1. The van der Waals surface area contributed by atoms with E-state index in [2.05, 4.69) is 5.32 Å². The summed E-state index contributed by atoms with van der Waals surface area (Å²) in [6.07, 6.45) is 3.67. The number of rotatable bonds is 2. The number of hydrogen-bond acceptors (Lipinski definition) is 3. The standard InChI is InChI=1S/C14H21N3O4/c1-15-12(18)11-3-2-6-16(11)14(21)17-8-4-5-10(17)9(7-8)13(19)20/h8-11H,2-7H2,1H3,(H,15,18)(H,19,20). The number of fused-ring (bicyclic) bond motifs is 2. The predicted octanol–water partition coefficient (Wildman–Crippen LogP) is 0.254. The zero-order valence-corrected chi connectivity index (χ0v) is 12.1. The van der Waals surface area contributed by atoms with Crippen LogP contribution in [0.15, 0.2) is 0 Å². The molecule has 4 atom stereocenters. The molecule has 0 spiro atoms. The number of carbonyl (C=O) groups excluding carboxylic acids is 2. The van der Waals surface area contributed by atoms with Crippen molar-refractivity contribution in [2.75, 3.05) is 13.6 Å². The molecule has 3 saturated heterocycles. The molecule has 3 heterocycles. The fraction of sp³-hybridized carbons (Fsp3) is 0.786. The van der Waals surface area contributed by atoms with Gasteiger partial charge in [0.05, 0.1) is 5.92 Å². The number of carbonyl (C=O) groups is 3. The second kappa shape index (κ2) is 5.20. The van der Waals surface area contributed by atoms with Gasteiger partial charge in [0.2, 0.25) is 5.91 Å². The van der Waals surface area contributed by atoms with Gasteiger partial charge in [-0.25, -0.2) is 4.79 Å². The Hall–Kier alpha value is -1.79. The second-order valence-corrected chi connectivity index (χ2v) is 6.13. The molecule has 7 heteroatoms. The first-order valence-electron chi connectivity index (χ1n) is 7.58. The number of nitrogens with one attached hydrogen (secondary N) is 1. The minimum atomic E-state index is -0.815. The minimum Gasteiger partial charge on any atom is -0.481 e. The number of amides is 3. The van der Waals surface area contributed by atoms with Crippen molar-refractivity contribution in [3.05, 3.63) is 0 Å². The second-order valence-electron chi connectivity index (χ2n) is 6.13. The molecule has 4 unspecified atom stereocenters. The van der Waals surface area contributed by atoms with Gasteiger partial charge in [-0.15, -0.1) is 0 Å². The summed E-state index contributed by atoms with van der Waals surface area (Å²) in [5.41, 5.74) is 0. The lowest BCUT2D eigenvalue weighted by Gasteiger charge is -2.31. The highest BCUT2D eigenvalue weighted by Crippen LogP contribution is 2.43. The lowest BCUT2D eigenvalue weighted by molar-refractivity contribution is -0.142. The number of aliphatic carboxylic acids is 1. The van der Waals surface area contributed by atoms with Gasteiger partial charge in [-0.1, -0.05) is 0 Å². The molecule has 3 aliphatic heterocycles. The van der Waals surface area contributed by atoms with Crippen LogP contribution in [0.5, 0.6) is 0 Å². The first-order valence-corrected chi connectivity index (χ1v) is 7.58. The van der Waals surface area contributed by atoms with E-state index in [0.29, 0.717) is 19.4 Å². The summed E-state index contributed by atoms with van der Waals surface area (Å²) in [6, 6.07) is -0.747. The normalized spacial score (nSPS) is 34.3. The molecule has 0 aromatic rings. The van der Waals surface area contributed by atoms with Gasteiger partial charge in [0.15, 0.2) is 0 Å². The van der Waals surface area contributed by atoms with E-state index in [1.807, 2.05) is 0 Å². The van der Waals surface area contributed by atoms with E-state index in [0.717, 1.165) is 19.3 Å². The first kappa shape index (κ1) is 14.2. The van der Waals surface area contributed by atoms with Crippen LogP contribution in [0.3, 0.4) is 0 Å². The van der Waals surface area contributed by atoms with E-state index in [1.165, 1.54) is 0 Å². The Morgan fingerprint density at radius 1 is 1.19 bits per heavy atom. The summed E-state index contributed by atoms with van der Waals surface area (Å²) in [5.74, 6) is -1.40. The van der Waals surface area contributed by atoms with E-state index in [1.54, 1.807) is 16.8 Å². The number of carboxylic acids is 1. The minimum absolute atomic E-state index is 0.0227. The molecule has 0 aromatic heterocycles. The van der Waals surface area contributed by atoms with Crippen molar-refractivity contribution in [1.29, 1.82) is 0 Å². The number of urea groups is 1. The highest BCUT2D eigenvalue weighted by Gasteiger charge is 2.53. The van der Waals surface area contributed by atoms with Crippen molar-refractivity contribution >= 4 is 17.9 Å². The third kappa shape index (κ3) is 2.15. The van der Waals surface area contributed by atoms with Crippen molar-refractivity contribution < 1.29 is 19.5 Å². The Morgan fingerprint density at radius 3 is 2.57 bits per heavy atom. The van der Waals surface area contributed by atoms with E-state index < -0.39 is 17.9 Å². The van der Waals surface area contributed by atoms with Crippen LogP contribution < -0.4 is 5.32 Å². The molecule has 0 aromatic carbocycles. The fourth-order valence-electron chi connectivity index (χ4n) is 4.14. The van der Waals surface area contributed by atoms with Crippen LogP contribution in [-0.4, -0.2) is 64.5 Å². The van der Waals surface area contributed by atoms with Gasteiger partial charge in [0.1, 0.15) is 6.04 Å². The van der Waals surface area contributed by atoms with Crippen LogP contribution >= 0.6 is 0 Å². The van der Waals surface area contributed by atoms with Crippen LogP contribution in [0.4, 0.5) is 4.79 Å². The van der Waals surface area contributed by atoms with Crippen molar-refractivity contribution in [2.45, 2.75) is 50.2 Å². The molecule has 2 bridgehead atoms. The van der Waals surface area contributed by atoms with E-state index in [9.17, 15) is 19.5 Å². The van der Waals surface area contributed by atoms with Gasteiger partial charge >= 0.3 is 12.0 Å². The van der Waals surface area contributed by atoms with Gasteiger partial charge in [0, 0.05) is 25.7 Å². The maximum atomic E-state index is 12.8. The van der Waals surface area contributed by atoms with Crippen molar-refractivity contribution in [2.24, 2.45) is 5.92 Å². The SMILES string of the molecule is CNC(=O)C1CCCN1C(=O)N1C2CCC1C(C(=O)O)C2. The highest BCUT2D eigenvalue weighted by molar-refractivity contribution is 5.88. The summed E-state index contributed by atoms with van der Waals surface area (Å²) >= 11 is 0. The summed E-state index contributed by atoms with van der Waals surface area (Å²) in [7, 11) is 1.57. The molecule has 0 saturated carbocycles. The molecule has 3 rings (SSSR count). The average Bonchev–Trinajstić information content (AvgIpc) is 3.18. The van der Waals surface area contributed by atoms with E-state index in [4.69, 9.17) is 0 Å². The van der Waals surface area contributed by atoms with Crippen molar-refractivity contribution in [1.82, 2.24) is 15.1 Å². The van der Waals surface area contributed by atoms with Crippen molar-refractivity contribution in [3.63, 3.8) is 0 Å². The third-order valence-electron chi connectivity index (χ3n) is 5.12. The monoisotopic (exact) mass is 295 g/mol. The fourth-order valence-corrected chi connectivity index (χ4v) is 4.14. The van der Waals surface area contributed by atoms with E-state index in [-0.39, 0.29) is 24.0 Å². The molecule has 3 fully saturated rings. The Bertz CT molecular complexity index is 481. The van der Waals surface area contributed by atoms with Crippen molar-refractivity contribution in [3.8, 4) is 0 Å². The molecule has 0 aliphatic carbocycles. The average molecular weight is 295 g/mol. The maximum absolute atomic E-state index is 12.8. The maximum Gasteiger partial charge on any atom is 0.321 e. The molecule has 21 heavy (non-hydrogen) atoms. The topological polar surface area (TPSA) is 90.0 Å². The van der Waals surface area contributed by atoms with Gasteiger partial charge in [-0.3, -0.25) is 9.59 Å². The Balaban J connectivity index is 1.77. The van der Waals surface area contributed by atoms with Gasteiger partial charge in [0.25, 0.3) is 0 Å². The highest BCUT2D eigenvalue weighted by atomic mass is 16.4. The van der Waals surface area contributed by atoms with Gasteiger partial charge < -0.3 is 20.2 Å². The molecule has 0 radical (unpaired) electrons. The van der Waals surface area contributed by atoms with Gasteiger partial charge in [-0.05, 0) is 32.1 Å². The summed E-state index contributed by atoms with van der Waals surface area (Å²) in [6.45, 7) is 0.574. The van der Waals surface area contributed by atoms with Crippen LogP contribution in [0, 0.1) is 5.92 Å². The smallest absolute Gasteiger partial charge is 0.321 e. The largest absolute Gasteiger partial charge is 0.481 e. The van der Waals surface area contributed by atoms with E-state index >= 15 is 0 Å². The van der Waals surface area contributed by atoms with Crippen LogP contribution in [0.1, 0.15) is 32.1 Å². The predicted molar refractivity (Wildman–Crippen MR) is 73.6 cm³/mol. The zero-order chi connectivity index (χ0) is 15.1. The number of nitrogens with zero attached hydrogens (tertiary/aromatic N) is 2. The number of carboxylic acid groups (broad SMARTS) is 1. The summed E-state index contributed by atoms with van der Waals surface area (Å²) < 4.78 is 0. The Morgan fingerprint density at radius 2 is 1.95 bits per heavy atom. The third-order valence-corrected chi connectivity index (χ3v) is 5.12. The molecular formula is C14H21N3O4. The first-order chi connectivity index (χ1) is 10.0. The molecule has 3 aliphatic rings. The van der Waals surface area contributed by atoms with Crippen LogP contribution in [-0.2, 0) is 9.59 Å². The molecule has 3 amide bonds. The van der Waals surface area contributed by atoms with Crippen LogP contribution in [0.25, 0.3) is 0 Å². The lowest BCUT2D eigenvalue weighted by Crippen LogP contribution is -2.52. The van der Waals surface area contributed by atoms with Crippen LogP contribution in [0.2, 0.25) is 0 Å². The Labute approximate surface area is 123 Å². The lowest BCUT2D eigenvalue weighted by atomic mass is 9.89. The molecule has 2 N–H and O–H groups in total. The Kier molecular flexibility index (Phi) is 3.51. The number of likely N-dealkylation sites (N-methyl/N-ethyl adjacent to an activating group) is 1. The van der Waals surface area contributed by atoms with Gasteiger partial charge in [-0.2, -0.15) is 0 Å². The number of likely N-dealkylation sites (tertiary alicyclic amines) is 1. The molecular weight excluding hydrogens is 274 g/mol. The summed E-state index contributed by atoms with van der Waals surface area (Å²) in [4.78, 5) is 39.3.